The van der Waals surface area contributed by atoms with Gasteiger partial charge in [-0.3, -0.25) is 4.79 Å². The molecule has 32 heavy (non-hydrogen) atoms. The van der Waals surface area contributed by atoms with E-state index in [1.54, 1.807) is 16.8 Å². The second-order valence-corrected chi connectivity index (χ2v) is 8.15. The summed E-state index contributed by atoms with van der Waals surface area (Å²) in [6, 6.07) is 18.0. The highest BCUT2D eigenvalue weighted by atomic mass is 32.1. The molecule has 0 saturated carbocycles. The standard InChI is InChI=1S/C23H20FN5O2S/c24-18-15-16(8-9-19(18)28-10-12-31-13-11-28)25-23(30)21-26-22(20-7-4-14-32-20)29(27-21)17-5-2-1-3-6-17/h1-9,14-15H,10-13H2,(H,25,30). The van der Waals surface area contributed by atoms with Crippen LogP contribution >= 0.6 is 11.3 Å². The fourth-order valence-corrected chi connectivity index (χ4v) is 4.25. The highest BCUT2D eigenvalue weighted by Gasteiger charge is 2.21. The van der Waals surface area contributed by atoms with Gasteiger partial charge in [-0.1, -0.05) is 24.3 Å². The van der Waals surface area contributed by atoms with E-state index in [2.05, 4.69) is 15.4 Å². The molecule has 0 atom stereocenters. The molecule has 0 bridgehead atoms. The number of hydrogen-bond acceptors (Lipinski definition) is 6. The molecule has 1 amide bonds. The van der Waals surface area contributed by atoms with Gasteiger partial charge in [-0.15, -0.1) is 16.4 Å². The van der Waals surface area contributed by atoms with Crippen molar-refractivity contribution < 1.29 is 13.9 Å². The third-order valence-corrected chi connectivity index (χ3v) is 5.98. The van der Waals surface area contributed by atoms with Gasteiger partial charge < -0.3 is 15.0 Å². The molecule has 1 aliphatic rings. The van der Waals surface area contributed by atoms with Gasteiger partial charge in [-0.25, -0.2) is 14.1 Å². The number of carbonyl (C=O) groups is 1. The Hall–Kier alpha value is -3.56. The number of carbonyl (C=O) groups excluding carboxylic acids is 1. The zero-order chi connectivity index (χ0) is 21.9. The summed E-state index contributed by atoms with van der Waals surface area (Å²) in [7, 11) is 0. The number of morpholine rings is 1. The fraction of sp³-hybridized carbons (Fsp3) is 0.174. The van der Waals surface area contributed by atoms with Crippen LogP contribution in [0.3, 0.4) is 0 Å². The van der Waals surface area contributed by atoms with E-state index in [4.69, 9.17) is 4.74 Å². The number of hydrogen-bond donors (Lipinski definition) is 1. The van der Waals surface area contributed by atoms with Crippen LogP contribution in [0.5, 0.6) is 0 Å². The number of anilines is 2. The molecule has 3 heterocycles. The van der Waals surface area contributed by atoms with E-state index in [1.165, 1.54) is 17.4 Å². The van der Waals surface area contributed by atoms with Gasteiger partial charge in [0.1, 0.15) is 5.82 Å². The van der Waals surface area contributed by atoms with Gasteiger partial charge in [-0.2, -0.15) is 0 Å². The van der Waals surface area contributed by atoms with Gasteiger partial charge in [0.05, 0.1) is 29.5 Å². The van der Waals surface area contributed by atoms with Crippen molar-refractivity contribution in [1.29, 1.82) is 0 Å². The van der Waals surface area contributed by atoms with E-state index in [0.29, 0.717) is 43.5 Å². The van der Waals surface area contributed by atoms with Crippen LogP contribution in [0, 0.1) is 5.82 Å². The lowest BCUT2D eigenvalue weighted by Crippen LogP contribution is -2.36. The van der Waals surface area contributed by atoms with Crippen molar-refractivity contribution in [2.24, 2.45) is 0 Å². The molecule has 5 rings (SSSR count). The first kappa shape index (κ1) is 20.3. The van der Waals surface area contributed by atoms with Crippen LogP contribution in [-0.2, 0) is 4.74 Å². The van der Waals surface area contributed by atoms with Crippen molar-refractivity contribution in [2.75, 3.05) is 36.5 Å². The zero-order valence-corrected chi connectivity index (χ0v) is 17.9. The van der Waals surface area contributed by atoms with Crippen molar-refractivity contribution in [3.8, 4) is 16.4 Å². The molecule has 1 saturated heterocycles. The maximum absolute atomic E-state index is 14.7. The van der Waals surface area contributed by atoms with Crippen LogP contribution in [0.2, 0.25) is 0 Å². The highest BCUT2D eigenvalue weighted by molar-refractivity contribution is 7.13. The summed E-state index contributed by atoms with van der Waals surface area (Å²) in [5, 5.41) is 9.08. The summed E-state index contributed by atoms with van der Waals surface area (Å²) in [5.41, 5.74) is 1.64. The predicted octanol–water partition coefficient (Wildman–Crippen LogP) is 4.22. The van der Waals surface area contributed by atoms with Crippen molar-refractivity contribution in [1.82, 2.24) is 14.8 Å². The van der Waals surface area contributed by atoms with E-state index in [1.807, 2.05) is 52.7 Å². The van der Waals surface area contributed by atoms with E-state index in [9.17, 15) is 9.18 Å². The number of halogens is 1. The molecule has 4 aromatic rings. The number of benzene rings is 2. The Bertz CT molecular complexity index is 1220. The first-order chi connectivity index (χ1) is 15.7. The Kier molecular flexibility index (Phi) is 5.66. The van der Waals surface area contributed by atoms with Crippen LogP contribution in [0.4, 0.5) is 15.8 Å². The maximum atomic E-state index is 14.7. The van der Waals surface area contributed by atoms with E-state index >= 15 is 0 Å². The SMILES string of the molecule is O=C(Nc1ccc(N2CCOCC2)c(F)c1)c1nc(-c2cccs2)n(-c2ccccc2)n1. The molecule has 0 aliphatic carbocycles. The molecule has 2 aromatic carbocycles. The molecule has 0 radical (unpaired) electrons. The van der Waals surface area contributed by atoms with E-state index < -0.39 is 11.7 Å². The molecule has 9 heteroatoms. The van der Waals surface area contributed by atoms with Crippen LogP contribution in [-0.4, -0.2) is 47.0 Å². The Labute approximate surface area is 188 Å². The topological polar surface area (TPSA) is 72.3 Å². The van der Waals surface area contributed by atoms with Gasteiger partial charge in [-0.05, 0) is 41.8 Å². The second kappa shape index (κ2) is 8.89. The first-order valence-corrected chi connectivity index (χ1v) is 11.1. The number of rotatable bonds is 5. The molecule has 162 valence electrons. The minimum absolute atomic E-state index is 0.00918. The smallest absolute Gasteiger partial charge is 0.295 e. The van der Waals surface area contributed by atoms with Crippen LogP contribution in [0.1, 0.15) is 10.6 Å². The average molecular weight is 450 g/mol. The van der Waals surface area contributed by atoms with Gasteiger partial charge >= 0.3 is 0 Å². The highest BCUT2D eigenvalue weighted by Crippen LogP contribution is 2.27. The first-order valence-electron chi connectivity index (χ1n) is 10.2. The predicted molar refractivity (Wildman–Crippen MR) is 122 cm³/mol. The average Bonchev–Trinajstić information content (AvgIpc) is 3.50. The third-order valence-electron chi connectivity index (χ3n) is 5.11. The lowest BCUT2D eigenvalue weighted by Gasteiger charge is -2.29. The zero-order valence-electron chi connectivity index (χ0n) is 17.1. The minimum atomic E-state index is -0.504. The maximum Gasteiger partial charge on any atom is 0.295 e. The summed E-state index contributed by atoms with van der Waals surface area (Å²) in [4.78, 5) is 20.2. The van der Waals surface area contributed by atoms with Crippen LogP contribution in [0.15, 0.2) is 66.0 Å². The molecule has 0 unspecified atom stereocenters. The van der Waals surface area contributed by atoms with Crippen molar-refractivity contribution in [2.45, 2.75) is 0 Å². The molecule has 2 aromatic heterocycles. The molecular formula is C23H20FN5O2S. The normalized spacial score (nSPS) is 13.8. The van der Waals surface area contributed by atoms with E-state index in [-0.39, 0.29) is 5.82 Å². The second-order valence-electron chi connectivity index (χ2n) is 7.20. The van der Waals surface area contributed by atoms with Gasteiger partial charge in [0.25, 0.3) is 5.91 Å². The van der Waals surface area contributed by atoms with E-state index in [0.717, 1.165) is 10.6 Å². The Balaban J connectivity index is 1.41. The molecule has 1 N–H and O–H groups in total. The Morgan fingerprint density at radius 3 is 2.59 bits per heavy atom. The summed E-state index contributed by atoms with van der Waals surface area (Å²) < 4.78 is 21.7. The van der Waals surface area contributed by atoms with Crippen molar-refractivity contribution in [3.05, 3.63) is 77.7 Å². The lowest BCUT2D eigenvalue weighted by atomic mass is 10.2. The third kappa shape index (κ3) is 4.12. The molecule has 0 spiro atoms. The van der Waals surface area contributed by atoms with Crippen LogP contribution in [0.25, 0.3) is 16.4 Å². The number of thiophene rings is 1. The summed E-state index contributed by atoms with van der Waals surface area (Å²) >= 11 is 1.51. The minimum Gasteiger partial charge on any atom is -0.378 e. The molecule has 1 fully saturated rings. The molecule has 1 aliphatic heterocycles. The number of para-hydroxylation sites is 1. The molecular weight excluding hydrogens is 429 g/mol. The lowest BCUT2D eigenvalue weighted by molar-refractivity contribution is 0.101. The number of nitrogens with one attached hydrogen (secondary N) is 1. The summed E-state index contributed by atoms with van der Waals surface area (Å²) in [6.07, 6.45) is 0. The molecule has 7 nitrogen and oxygen atoms in total. The summed E-state index contributed by atoms with van der Waals surface area (Å²) in [6.45, 7) is 2.41. The Morgan fingerprint density at radius 2 is 1.88 bits per heavy atom. The van der Waals surface area contributed by atoms with Crippen LogP contribution < -0.4 is 10.2 Å². The largest absolute Gasteiger partial charge is 0.378 e. The number of aromatic nitrogens is 3. The number of ether oxygens (including phenoxy) is 1. The van der Waals surface area contributed by atoms with Gasteiger partial charge in [0, 0.05) is 18.8 Å². The Morgan fingerprint density at radius 1 is 1.06 bits per heavy atom. The number of amides is 1. The summed E-state index contributed by atoms with van der Waals surface area (Å²) in [5.74, 6) is -0.317. The van der Waals surface area contributed by atoms with Gasteiger partial charge in [0.2, 0.25) is 5.82 Å². The number of nitrogens with zero attached hydrogens (tertiary/aromatic N) is 4. The van der Waals surface area contributed by atoms with Crippen molar-refractivity contribution in [3.63, 3.8) is 0 Å². The van der Waals surface area contributed by atoms with Crippen molar-refractivity contribution >= 4 is 28.6 Å². The fourth-order valence-electron chi connectivity index (χ4n) is 3.56. The van der Waals surface area contributed by atoms with Gasteiger partial charge in [0.15, 0.2) is 5.82 Å². The monoisotopic (exact) mass is 449 g/mol. The quantitative estimate of drug-likeness (QED) is 0.494.